The molecule has 0 spiro atoms. The van der Waals surface area contributed by atoms with Crippen LogP contribution in [0.15, 0.2) is 12.1 Å². The molecule has 0 radical (unpaired) electrons. The SMILES string of the molecule is COc1c(C)cc(CNCCCCO)cc1C. The summed E-state index contributed by atoms with van der Waals surface area (Å²) in [5.74, 6) is 0.981. The third kappa shape index (κ3) is 4.36. The largest absolute Gasteiger partial charge is 0.496 e. The van der Waals surface area contributed by atoms with Crippen molar-refractivity contribution < 1.29 is 9.84 Å². The van der Waals surface area contributed by atoms with Gasteiger partial charge in [0.25, 0.3) is 0 Å². The van der Waals surface area contributed by atoms with E-state index in [1.807, 2.05) is 0 Å². The topological polar surface area (TPSA) is 41.5 Å². The van der Waals surface area contributed by atoms with E-state index in [9.17, 15) is 0 Å². The summed E-state index contributed by atoms with van der Waals surface area (Å²) >= 11 is 0. The molecule has 3 heteroatoms. The molecule has 17 heavy (non-hydrogen) atoms. The Balaban J connectivity index is 2.49. The summed E-state index contributed by atoms with van der Waals surface area (Å²) in [6.07, 6.45) is 1.89. The first-order chi connectivity index (χ1) is 8.19. The molecule has 0 unspecified atom stereocenters. The van der Waals surface area contributed by atoms with Crippen LogP contribution in [-0.4, -0.2) is 25.4 Å². The van der Waals surface area contributed by atoms with Gasteiger partial charge in [-0.3, -0.25) is 0 Å². The Hall–Kier alpha value is -1.06. The summed E-state index contributed by atoms with van der Waals surface area (Å²) in [6.45, 7) is 6.24. The fourth-order valence-corrected chi connectivity index (χ4v) is 2.06. The summed E-state index contributed by atoms with van der Waals surface area (Å²) in [5.41, 5.74) is 3.64. The van der Waals surface area contributed by atoms with Crippen LogP contribution in [0.3, 0.4) is 0 Å². The van der Waals surface area contributed by atoms with Gasteiger partial charge >= 0.3 is 0 Å². The van der Waals surface area contributed by atoms with Crippen molar-refractivity contribution in [2.75, 3.05) is 20.3 Å². The number of methoxy groups -OCH3 is 1. The lowest BCUT2D eigenvalue weighted by atomic mass is 10.1. The van der Waals surface area contributed by atoms with Crippen molar-refractivity contribution in [1.29, 1.82) is 0 Å². The predicted octanol–water partition coefficient (Wildman–Crippen LogP) is 2.17. The van der Waals surface area contributed by atoms with E-state index in [2.05, 4.69) is 31.3 Å². The molecule has 1 aromatic carbocycles. The molecule has 0 heterocycles. The van der Waals surface area contributed by atoms with Crippen LogP contribution < -0.4 is 10.1 Å². The van der Waals surface area contributed by atoms with E-state index in [-0.39, 0.29) is 6.61 Å². The van der Waals surface area contributed by atoms with Crippen molar-refractivity contribution in [1.82, 2.24) is 5.32 Å². The zero-order valence-corrected chi connectivity index (χ0v) is 11.0. The summed E-state index contributed by atoms with van der Waals surface area (Å²) in [5, 5.41) is 12.0. The standard InChI is InChI=1S/C14H23NO2/c1-11-8-13(9-12(2)14(11)17-3)10-15-6-4-5-7-16/h8-9,15-16H,4-7,10H2,1-3H3. The van der Waals surface area contributed by atoms with Crippen molar-refractivity contribution in [3.63, 3.8) is 0 Å². The molecule has 0 aliphatic carbocycles. The average Bonchev–Trinajstić information content (AvgIpc) is 2.28. The maximum absolute atomic E-state index is 8.67. The first kappa shape index (κ1) is 14.0. The van der Waals surface area contributed by atoms with Gasteiger partial charge in [0.2, 0.25) is 0 Å². The molecule has 1 rings (SSSR count). The number of aliphatic hydroxyl groups excluding tert-OH is 1. The van der Waals surface area contributed by atoms with Gasteiger partial charge in [-0.25, -0.2) is 0 Å². The Morgan fingerprint density at radius 2 is 1.82 bits per heavy atom. The normalized spacial score (nSPS) is 10.6. The maximum Gasteiger partial charge on any atom is 0.124 e. The molecule has 96 valence electrons. The fraction of sp³-hybridized carbons (Fsp3) is 0.571. The molecule has 3 nitrogen and oxygen atoms in total. The number of unbranched alkanes of at least 4 members (excludes halogenated alkanes) is 1. The van der Waals surface area contributed by atoms with Crippen LogP contribution in [0.5, 0.6) is 5.75 Å². The molecule has 1 aromatic rings. The Morgan fingerprint density at radius 3 is 2.35 bits per heavy atom. The quantitative estimate of drug-likeness (QED) is 0.714. The second kappa shape index (κ2) is 7.30. The van der Waals surface area contributed by atoms with Crippen molar-refractivity contribution >= 4 is 0 Å². The molecule has 0 bridgehead atoms. The van der Waals surface area contributed by atoms with E-state index in [4.69, 9.17) is 9.84 Å². The number of aliphatic hydroxyl groups is 1. The third-order valence-electron chi connectivity index (χ3n) is 2.82. The molecule has 2 N–H and O–H groups in total. The Labute approximate surface area is 104 Å². The van der Waals surface area contributed by atoms with Gasteiger partial charge in [0.05, 0.1) is 7.11 Å². The molecule has 0 amide bonds. The summed E-state index contributed by atoms with van der Waals surface area (Å²) in [6, 6.07) is 4.32. The molecule has 0 fully saturated rings. The van der Waals surface area contributed by atoms with Crippen LogP contribution in [0.25, 0.3) is 0 Å². The van der Waals surface area contributed by atoms with Gasteiger partial charge in [0.15, 0.2) is 0 Å². The molecule has 0 aromatic heterocycles. The lowest BCUT2D eigenvalue weighted by Crippen LogP contribution is -2.15. The third-order valence-corrected chi connectivity index (χ3v) is 2.82. The minimum atomic E-state index is 0.280. The Kier molecular flexibility index (Phi) is 6.01. The van der Waals surface area contributed by atoms with Gasteiger partial charge in [-0.05, 0) is 49.9 Å². The summed E-state index contributed by atoms with van der Waals surface area (Å²) in [4.78, 5) is 0. The van der Waals surface area contributed by atoms with E-state index in [0.29, 0.717) is 0 Å². The van der Waals surface area contributed by atoms with Crippen LogP contribution in [0, 0.1) is 13.8 Å². The first-order valence-electron chi connectivity index (χ1n) is 6.14. The van der Waals surface area contributed by atoms with Gasteiger partial charge < -0.3 is 15.2 Å². The Bertz CT molecular complexity index is 327. The van der Waals surface area contributed by atoms with Gasteiger partial charge in [-0.1, -0.05) is 12.1 Å². The minimum absolute atomic E-state index is 0.280. The second-order valence-corrected chi connectivity index (χ2v) is 4.37. The molecule has 0 saturated carbocycles. The predicted molar refractivity (Wildman–Crippen MR) is 70.5 cm³/mol. The molecule has 0 saturated heterocycles. The average molecular weight is 237 g/mol. The first-order valence-corrected chi connectivity index (χ1v) is 6.14. The van der Waals surface area contributed by atoms with Crippen LogP contribution in [0.4, 0.5) is 0 Å². The molecular formula is C14H23NO2. The van der Waals surface area contributed by atoms with Crippen molar-refractivity contribution in [3.8, 4) is 5.75 Å². The highest BCUT2D eigenvalue weighted by molar-refractivity contribution is 5.43. The smallest absolute Gasteiger partial charge is 0.124 e. The van der Waals surface area contributed by atoms with Crippen LogP contribution >= 0.6 is 0 Å². The highest BCUT2D eigenvalue weighted by atomic mass is 16.5. The Morgan fingerprint density at radius 1 is 1.18 bits per heavy atom. The van der Waals surface area contributed by atoms with Crippen molar-refractivity contribution in [2.45, 2.75) is 33.2 Å². The van der Waals surface area contributed by atoms with E-state index in [1.165, 1.54) is 16.7 Å². The zero-order chi connectivity index (χ0) is 12.7. The number of ether oxygens (including phenoxy) is 1. The van der Waals surface area contributed by atoms with E-state index >= 15 is 0 Å². The van der Waals surface area contributed by atoms with Crippen molar-refractivity contribution in [3.05, 3.63) is 28.8 Å². The zero-order valence-electron chi connectivity index (χ0n) is 11.0. The molecule has 0 aliphatic heterocycles. The maximum atomic E-state index is 8.67. The number of aryl methyl sites for hydroxylation is 2. The summed E-state index contributed by atoms with van der Waals surface area (Å²) < 4.78 is 5.34. The van der Waals surface area contributed by atoms with Crippen molar-refractivity contribution in [2.24, 2.45) is 0 Å². The van der Waals surface area contributed by atoms with E-state index in [0.717, 1.165) is 31.7 Å². The lowest BCUT2D eigenvalue weighted by Gasteiger charge is -2.11. The second-order valence-electron chi connectivity index (χ2n) is 4.37. The highest BCUT2D eigenvalue weighted by Crippen LogP contribution is 2.24. The molecular weight excluding hydrogens is 214 g/mol. The number of nitrogens with one attached hydrogen (secondary N) is 1. The van der Waals surface area contributed by atoms with E-state index in [1.54, 1.807) is 7.11 Å². The summed E-state index contributed by atoms with van der Waals surface area (Å²) in [7, 11) is 1.71. The van der Waals surface area contributed by atoms with Crippen LogP contribution in [0.1, 0.15) is 29.5 Å². The number of benzene rings is 1. The number of hydrogen-bond acceptors (Lipinski definition) is 3. The number of rotatable bonds is 7. The van der Waals surface area contributed by atoms with Gasteiger partial charge in [-0.15, -0.1) is 0 Å². The van der Waals surface area contributed by atoms with Crippen LogP contribution in [0.2, 0.25) is 0 Å². The van der Waals surface area contributed by atoms with Gasteiger partial charge in [0.1, 0.15) is 5.75 Å². The lowest BCUT2D eigenvalue weighted by molar-refractivity contribution is 0.283. The monoisotopic (exact) mass is 237 g/mol. The molecule has 0 aliphatic rings. The fourth-order valence-electron chi connectivity index (χ4n) is 2.06. The van der Waals surface area contributed by atoms with E-state index < -0.39 is 0 Å². The van der Waals surface area contributed by atoms with Gasteiger partial charge in [-0.2, -0.15) is 0 Å². The minimum Gasteiger partial charge on any atom is -0.496 e. The highest BCUT2D eigenvalue weighted by Gasteiger charge is 2.04. The number of hydrogen-bond donors (Lipinski definition) is 2. The van der Waals surface area contributed by atoms with Gasteiger partial charge in [0, 0.05) is 13.2 Å². The molecule has 0 atom stereocenters. The van der Waals surface area contributed by atoms with Crippen LogP contribution in [-0.2, 0) is 6.54 Å².